The van der Waals surface area contributed by atoms with E-state index in [0.29, 0.717) is 12.5 Å². The summed E-state index contributed by atoms with van der Waals surface area (Å²) in [7, 11) is 0. The molecular formula is C12H20N4OS. The average Bonchev–Trinajstić information content (AvgIpc) is 2.99. The smallest absolute Gasteiger partial charge is 0.222 e. The van der Waals surface area contributed by atoms with Crippen molar-refractivity contribution in [3.8, 4) is 0 Å². The summed E-state index contributed by atoms with van der Waals surface area (Å²) >= 11 is 1.62. The Labute approximate surface area is 112 Å². The minimum atomic E-state index is 0.239. The first-order chi connectivity index (χ1) is 8.72. The third-order valence-electron chi connectivity index (χ3n) is 3.10. The predicted molar refractivity (Wildman–Crippen MR) is 72.8 cm³/mol. The molecule has 1 aromatic heterocycles. The molecule has 1 amide bonds. The number of anilines is 1. The molecule has 0 radical (unpaired) electrons. The van der Waals surface area contributed by atoms with Crippen molar-refractivity contribution in [2.75, 3.05) is 18.4 Å². The van der Waals surface area contributed by atoms with Crippen LogP contribution >= 0.6 is 11.3 Å². The van der Waals surface area contributed by atoms with Crippen LogP contribution in [-0.4, -0.2) is 40.1 Å². The summed E-state index contributed by atoms with van der Waals surface area (Å²) in [6.07, 6.45) is 3.67. The Hall–Kier alpha value is -1.17. The van der Waals surface area contributed by atoms with E-state index in [1.165, 1.54) is 0 Å². The minimum absolute atomic E-state index is 0.239. The van der Waals surface area contributed by atoms with Gasteiger partial charge >= 0.3 is 0 Å². The lowest BCUT2D eigenvalue weighted by Gasteiger charge is -2.15. The third-order valence-corrected chi connectivity index (χ3v) is 4.02. The molecule has 0 spiro atoms. The second-order valence-corrected chi connectivity index (χ2v) is 5.64. The summed E-state index contributed by atoms with van der Waals surface area (Å²) in [6, 6.07) is 0.322. The van der Waals surface area contributed by atoms with Crippen LogP contribution in [-0.2, 0) is 11.2 Å². The normalized spacial score (nSPS) is 19.2. The average molecular weight is 268 g/mol. The van der Waals surface area contributed by atoms with Gasteiger partial charge in [-0.15, -0.1) is 10.2 Å². The number of rotatable bonds is 5. The largest absolute Gasteiger partial charge is 0.355 e. The van der Waals surface area contributed by atoms with Gasteiger partial charge in [-0.05, 0) is 12.8 Å². The Kier molecular flexibility index (Phi) is 4.52. The van der Waals surface area contributed by atoms with Gasteiger partial charge in [0.15, 0.2) is 0 Å². The molecular weight excluding hydrogens is 248 g/mol. The van der Waals surface area contributed by atoms with Gasteiger partial charge in [-0.3, -0.25) is 4.79 Å². The van der Waals surface area contributed by atoms with Gasteiger partial charge in [0.05, 0.1) is 0 Å². The molecule has 1 aliphatic heterocycles. The summed E-state index contributed by atoms with van der Waals surface area (Å²) in [4.78, 5) is 13.5. The molecule has 1 aliphatic rings. The fraction of sp³-hybridized carbons (Fsp3) is 0.750. The maximum Gasteiger partial charge on any atom is 0.222 e. The molecule has 5 nitrogen and oxygen atoms in total. The Balaban J connectivity index is 1.85. The van der Waals surface area contributed by atoms with E-state index >= 15 is 0 Å². The number of hydrogen-bond acceptors (Lipinski definition) is 5. The van der Waals surface area contributed by atoms with Crippen LogP contribution < -0.4 is 5.32 Å². The van der Waals surface area contributed by atoms with Crippen LogP contribution in [0.15, 0.2) is 0 Å². The summed E-state index contributed by atoms with van der Waals surface area (Å²) in [6.45, 7) is 5.69. The number of aromatic nitrogens is 2. The van der Waals surface area contributed by atoms with Gasteiger partial charge < -0.3 is 10.2 Å². The van der Waals surface area contributed by atoms with Crippen molar-refractivity contribution >= 4 is 22.4 Å². The zero-order chi connectivity index (χ0) is 13.0. The highest BCUT2D eigenvalue weighted by Crippen LogP contribution is 2.20. The van der Waals surface area contributed by atoms with Gasteiger partial charge in [0, 0.05) is 32.0 Å². The van der Waals surface area contributed by atoms with E-state index in [1.807, 2.05) is 11.8 Å². The molecule has 0 aromatic carbocycles. The Bertz CT molecular complexity index is 407. The van der Waals surface area contributed by atoms with Gasteiger partial charge in [0.25, 0.3) is 0 Å². The van der Waals surface area contributed by atoms with Crippen LogP contribution in [0.3, 0.4) is 0 Å². The maximum absolute atomic E-state index is 11.6. The zero-order valence-corrected chi connectivity index (χ0v) is 11.8. The number of carbonyl (C=O) groups excluding carboxylic acids is 1. The van der Waals surface area contributed by atoms with Gasteiger partial charge in [0.1, 0.15) is 5.01 Å². The Morgan fingerprint density at radius 3 is 3.06 bits per heavy atom. The van der Waals surface area contributed by atoms with Crippen molar-refractivity contribution < 1.29 is 4.79 Å². The zero-order valence-electron chi connectivity index (χ0n) is 11.0. The summed E-state index contributed by atoms with van der Waals surface area (Å²) in [5.41, 5.74) is 0. The molecule has 2 rings (SSSR count). The van der Waals surface area contributed by atoms with Crippen LogP contribution in [0.1, 0.15) is 38.1 Å². The van der Waals surface area contributed by atoms with Gasteiger partial charge in [-0.25, -0.2) is 0 Å². The summed E-state index contributed by atoms with van der Waals surface area (Å²) < 4.78 is 0. The number of likely N-dealkylation sites (tertiary alicyclic amines) is 1. The molecule has 0 aliphatic carbocycles. The molecule has 0 saturated carbocycles. The molecule has 1 atom stereocenters. The maximum atomic E-state index is 11.6. The third kappa shape index (κ3) is 3.19. The van der Waals surface area contributed by atoms with Crippen molar-refractivity contribution in [3.63, 3.8) is 0 Å². The van der Waals surface area contributed by atoms with Crippen molar-refractivity contribution in [1.29, 1.82) is 0 Å². The van der Waals surface area contributed by atoms with Gasteiger partial charge in [0.2, 0.25) is 11.0 Å². The lowest BCUT2D eigenvalue weighted by Crippen LogP contribution is -2.30. The fourth-order valence-electron chi connectivity index (χ4n) is 2.13. The van der Waals surface area contributed by atoms with E-state index in [4.69, 9.17) is 0 Å². The van der Waals surface area contributed by atoms with Crippen LogP contribution in [0.25, 0.3) is 0 Å². The standard InChI is InChI=1S/C12H20N4OS/c1-3-5-10-14-15-12(18-10)13-9-6-7-16(8-9)11(17)4-2/h9H,3-8H2,1-2H3,(H,13,15)/t9-/m0/s1. The molecule has 2 heterocycles. The Morgan fingerprint density at radius 1 is 1.50 bits per heavy atom. The highest BCUT2D eigenvalue weighted by molar-refractivity contribution is 7.15. The van der Waals surface area contributed by atoms with Crippen molar-refractivity contribution in [2.45, 2.75) is 45.6 Å². The highest BCUT2D eigenvalue weighted by atomic mass is 32.1. The van der Waals surface area contributed by atoms with E-state index in [0.717, 1.165) is 42.5 Å². The van der Waals surface area contributed by atoms with Crippen molar-refractivity contribution in [3.05, 3.63) is 5.01 Å². The fourth-order valence-corrected chi connectivity index (χ4v) is 3.05. The lowest BCUT2D eigenvalue weighted by atomic mass is 10.3. The molecule has 1 fully saturated rings. The number of amides is 1. The first kappa shape index (κ1) is 13.3. The number of carbonyl (C=O) groups is 1. The van der Waals surface area contributed by atoms with Gasteiger partial charge in [-0.2, -0.15) is 0 Å². The molecule has 0 bridgehead atoms. The topological polar surface area (TPSA) is 58.1 Å². The Morgan fingerprint density at radius 2 is 2.33 bits per heavy atom. The quantitative estimate of drug-likeness (QED) is 0.886. The molecule has 1 saturated heterocycles. The van der Waals surface area contributed by atoms with E-state index in [-0.39, 0.29) is 5.91 Å². The summed E-state index contributed by atoms with van der Waals surface area (Å²) in [5.74, 6) is 0.239. The molecule has 1 N–H and O–H groups in total. The SMILES string of the molecule is CCCc1nnc(N[C@H]2CCN(C(=O)CC)C2)s1. The van der Waals surface area contributed by atoms with E-state index in [1.54, 1.807) is 11.3 Å². The minimum Gasteiger partial charge on any atom is -0.355 e. The van der Waals surface area contributed by atoms with E-state index < -0.39 is 0 Å². The number of nitrogens with zero attached hydrogens (tertiary/aromatic N) is 3. The molecule has 18 heavy (non-hydrogen) atoms. The lowest BCUT2D eigenvalue weighted by molar-refractivity contribution is -0.129. The second-order valence-electron chi connectivity index (χ2n) is 4.57. The first-order valence-electron chi connectivity index (χ1n) is 6.59. The summed E-state index contributed by atoms with van der Waals surface area (Å²) in [5, 5.41) is 13.6. The predicted octanol–water partition coefficient (Wildman–Crippen LogP) is 1.91. The highest BCUT2D eigenvalue weighted by Gasteiger charge is 2.25. The molecule has 100 valence electrons. The van der Waals surface area contributed by atoms with Crippen LogP contribution in [0, 0.1) is 0 Å². The van der Waals surface area contributed by atoms with Crippen LogP contribution in [0.4, 0.5) is 5.13 Å². The van der Waals surface area contributed by atoms with E-state index in [9.17, 15) is 4.79 Å². The van der Waals surface area contributed by atoms with Crippen molar-refractivity contribution in [1.82, 2.24) is 15.1 Å². The van der Waals surface area contributed by atoms with Crippen LogP contribution in [0.5, 0.6) is 0 Å². The first-order valence-corrected chi connectivity index (χ1v) is 7.41. The van der Waals surface area contributed by atoms with Crippen molar-refractivity contribution in [2.24, 2.45) is 0 Å². The van der Waals surface area contributed by atoms with E-state index in [2.05, 4.69) is 22.4 Å². The number of nitrogens with one attached hydrogen (secondary N) is 1. The second kappa shape index (κ2) is 6.13. The molecule has 0 unspecified atom stereocenters. The van der Waals surface area contributed by atoms with Crippen LogP contribution in [0.2, 0.25) is 0 Å². The number of hydrogen-bond donors (Lipinski definition) is 1. The molecule has 1 aromatic rings. The van der Waals surface area contributed by atoms with Gasteiger partial charge in [-0.1, -0.05) is 25.2 Å². The number of aryl methyl sites for hydroxylation is 1. The molecule has 6 heteroatoms. The monoisotopic (exact) mass is 268 g/mol.